The first kappa shape index (κ1) is 14.0. The van der Waals surface area contributed by atoms with Crippen LogP contribution in [0.5, 0.6) is 0 Å². The zero-order valence-electron chi connectivity index (χ0n) is 10.3. The van der Waals surface area contributed by atoms with Crippen LogP contribution in [0.3, 0.4) is 0 Å². The van der Waals surface area contributed by atoms with E-state index in [4.69, 9.17) is 10.5 Å². The maximum atomic E-state index is 12.4. The van der Waals surface area contributed by atoms with Gasteiger partial charge in [0.05, 0.1) is 6.10 Å². The van der Waals surface area contributed by atoms with E-state index in [1.165, 1.54) is 15.6 Å². The molecule has 0 saturated carbocycles. The second-order valence-corrected chi connectivity index (χ2v) is 7.39. The van der Waals surface area contributed by atoms with Crippen molar-refractivity contribution in [2.45, 2.75) is 29.7 Å². The van der Waals surface area contributed by atoms with Crippen LogP contribution in [0.1, 0.15) is 18.4 Å². The third-order valence-electron chi connectivity index (χ3n) is 3.19. The van der Waals surface area contributed by atoms with Gasteiger partial charge in [-0.1, -0.05) is 0 Å². The lowest BCUT2D eigenvalue weighted by molar-refractivity contribution is 0.0605. The minimum Gasteiger partial charge on any atom is -0.381 e. The molecule has 18 heavy (non-hydrogen) atoms. The maximum Gasteiger partial charge on any atom is 0.252 e. The summed E-state index contributed by atoms with van der Waals surface area (Å²) in [7, 11) is -1.67. The van der Waals surface area contributed by atoms with Gasteiger partial charge in [0.15, 0.2) is 0 Å². The first-order valence-electron chi connectivity index (χ1n) is 5.88. The highest BCUT2D eigenvalue weighted by Crippen LogP contribution is 2.26. The molecule has 0 unspecified atom stereocenters. The Morgan fingerprint density at radius 1 is 1.50 bits per heavy atom. The van der Waals surface area contributed by atoms with Gasteiger partial charge in [0.2, 0.25) is 0 Å². The van der Waals surface area contributed by atoms with Crippen molar-refractivity contribution in [1.29, 1.82) is 0 Å². The number of thiophene rings is 1. The third kappa shape index (κ3) is 2.75. The van der Waals surface area contributed by atoms with Crippen molar-refractivity contribution >= 4 is 21.4 Å². The molecule has 0 atom stereocenters. The van der Waals surface area contributed by atoms with Crippen LogP contribution in [0, 0.1) is 0 Å². The van der Waals surface area contributed by atoms with Crippen LogP contribution < -0.4 is 5.73 Å². The van der Waals surface area contributed by atoms with Crippen LogP contribution in [-0.2, 0) is 21.3 Å². The van der Waals surface area contributed by atoms with E-state index in [1.807, 2.05) is 0 Å². The molecule has 1 aromatic heterocycles. The summed E-state index contributed by atoms with van der Waals surface area (Å²) in [5.41, 5.74) is 6.37. The van der Waals surface area contributed by atoms with Gasteiger partial charge < -0.3 is 10.5 Å². The predicted octanol–water partition coefficient (Wildman–Crippen LogP) is 1.01. The minimum atomic E-state index is -3.34. The van der Waals surface area contributed by atoms with Crippen molar-refractivity contribution in [1.82, 2.24) is 4.31 Å². The summed E-state index contributed by atoms with van der Waals surface area (Å²) in [5.74, 6) is 0. The number of nitrogens with zero attached hydrogens (tertiary/aromatic N) is 1. The van der Waals surface area contributed by atoms with E-state index in [0.29, 0.717) is 23.8 Å². The van der Waals surface area contributed by atoms with Crippen molar-refractivity contribution in [3.8, 4) is 0 Å². The van der Waals surface area contributed by atoms with E-state index in [0.717, 1.165) is 18.4 Å². The molecule has 2 N–H and O–H groups in total. The number of hydrogen-bond donors (Lipinski definition) is 1. The lowest BCUT2D eigenvalue weighted by Crippen LogP contribution is -2.40. The second-order valence-electron chi connectivity index (χ2n) is 4.32. The molecule has 0 aliphatic carbocycles. The second kappa shape index (κ2) is 5.66. The number of nitrogens with two attached hydrogens (primary N) is 1. The Hall–Kier alpha value is -0.470. The summed E-state index contributed by atoms with van der Waals surface area (Å²) >= 11 is 1.24. The van der Waals surface area contributed by atoms with Crippen molar-refractivity contribution in [2.24, 2.45) is 5.73 Å². The molecule has 102 valence electrons. The molecule has 1 aromatic rings. The number of hydrogen-bond acceptors (Lipinski definition) is 5. The van der Waals surface area contributed by atoms with Crippen molar-refractivity contribution in [2.75, 3.05) is 20.2 Å². The van der Waals surface area contributed by atoms with Crippen molar-refractivity contribution < 1.29 is 13.2 Å². The van der Waals surface area contributed by atoms with Gasteiger partial charge in [-0.2, -0.15) is 4.31 Å². The Bertz CT molecular complexity index is 490. The molecule has 2 rings (SSSR count). The highest BCUT2D eigenvalue weighted by molar-refractivity contribution is 7.91. The smallest absolute Gasteiger partial charge is 0.252 e. The molecular formula is C11H18N2O3S2. The molecule has 0 amide bonds. The lowest BCUT2D eigenvalue weighted by atomic mass is 10.1. The van der Waals surface area contributed by atoms with Gasteiger partial charge in [-0.05, 0) is 29.9 Å². The van der Waals surface area contributed by atoms with Crippen molar-refractivity contribution in [3.05, 3.63) is 17.0 Å². The number of piperidine rings is 1. The minimum absolute atomic E-state index is 0.180. The maximum absolute atomic E-state index is 12.4. The average molecular weight is 290 g/mol. The monoisotopic (exact) mass is 290 g/mol. The Morgan fingerprint density at radius 3 is 2.67 bits per heavy atom. The first-order valence-corrected chi connectivity index (χ1v) is 8.20. The molecular weight excluding hydrogens is 272 g/mol. The summed E-state index contributed by atoms with van der Waals surface area (Å²) in [4.78, 5) is 0. The van der Waals surface area contributed by atoms with Crippen LogP contribution in [0.15, 0.2) is 15.7 Å². The van der Waals surface area contributed by atoms with Gasteiger partial charge in [0.1, 0.15) is 4.21 Å². The quantitative estimate of drug-likeness (QED) is 0.898. The van der Waals surface area contributed by atoms with Gasteiger partial charge in [-0.3, -0.25) is 0 Å². The highest BCUT2D eigenvalue weighted by atomic mass is 32.2. The molecule has 1 aliphatic heterocycles. The van der Waals surface area contributed by atoms with E-state index >= 15 is 0 Å². The largest absolute Gasteiger partial charge is 0.381 e. The molecule has 1 fully saturated rings. The van der Waals surface area contributed by atoms with Crippen LogP contribution >= 0.6 is 11.3 Å². The van der Waals surface area contributed by atoms with Crippen molar-refractivity contribution in [3.63, 3.8) is 0 Å². The van der Waals surface area contributed by atoms with Gasteiger partial charge in [0.25, 0.3) is 10.0 Å². The van der Waals surface area contributed by atoms with Gasteiger partial charge in [-0.15, -0.1) is 11.3 Å². The SMILES string of the molecule is COC1CCN(S(=O)(=O)c2cc(CN)cs2)CC1. The zero-order chi connectivity index (χ0) is 13.2. The Morgan fingerprint density at radius 2 is 2.17 bits per heavy atom. The highest BCUT2D eigenvalue weighted by Gasteiger charge is 2.30. The number of rotatable bonds is 4. The molecule has 2 heterocycles. The number of ether oxygens (including phenoxy) is 1. The molecule has 1 saturated heterocycles. The van der Waals surface area contributed by atoms with Gasteiger partial charge in [-0.25, -0.2) is 8.42 Å². The fourth-order valence-corrected chi connectivity index (χ4v) is 4.88. The lowest BCUT2D eigenvalue weighted by Gasteiger charge is -2.29. The Kier molecular flexibility index (Phi) is 4.39. The predicted molar refractivity (Wildman–Crippen MR) is 71.0 cm³/mol. The van der Waals surface area contributed by atoms with Crippen LogP contribution in [0.25, 0.3) is 0 Å². The fourth-order valence-electron chi connectivity index (χ4n) is 2.03. The molecule has 0 radical (unpaired) electrons. The molecule has 0 aromatic carbocycles. The van der Waals surface area contributed by atoms with E-state index in [9.17, 15) is 8.42 Å². The number of sulfonamides is 1. The molecule has 0 spiro atoms. The van der Waals surface area contributed by atoms with Crippen LogP contribution in [0.4, 0.5) is 0 Å². The van der Waals surface area contributed by atoms with Gasteiger partial charge in [0, 0.05) is 26.7 Å². The number of methoxy groups -OCH3 is 1. The average Bonchev–Trinajstić information content (AvgIpc) is 2.88. The van der Waals surface area contributed by atoms with E-state index < -0.39 is 10.0 Å². The fraction of sp³-hybridized carbons (Fsp3) is 0.636. The van der Waals surface area contributed by atoms with Crippen LogP contribution in [0.2, 0.25) is 0 Å². The Labute approximate surface area is 112 Å². The van der Waals surface area contributed by atoms with Gasteiger partial charge >= 0.3 is 0 Å². The van der Waals surface area contributed by atoms with Crippen LogP contribution in [-0.4, -0.2) is 39.0 Å². The molecule has 7 heteroatoms. The van der Waals surface area contributed by atoms with E-state index in [2.05, 4.69) is 0 Å². The Balaban J connectivity index is 2.12. The van der Waals surface area contributed by atoms with E-state index in [1.54, 1.807) is 18.6 Å². The molecule has 5 nitrogen and oxygen atoms in total. The summed E-state index contributed by atoms with van der Waals surface area (Å²) in [6.07, 6.45) is 1.69. The molecule has 1 aliphatic rings. The summed E-state index contributed by atoms with van der Waals surface area (Å²) in [5, 5.41) is 1.80. The normalized spacial score (nSPS) is 19.2. The standard InChI is InChI=1S/C11H18N2O3S2/c1-16-10-2-4-13(5-3-10)18(14,15)11-6-9(7-12)8-17-11/h6,8,10H,2-5,7,12H2,1H3. The van der Waals surface area contributed by atoms with E-state index in [-0.39, 0.29) is 6.10 Å². The molecule has 0 bridgehead atoms. The summed E-state index contributed by atoms with van der Waals surface area (Å²) in [6, 6.07) is 1.67. The summed E-state index contributed by atoms with van der Waals surface area (Å²) in [6.45, 7) is 1.42. The topological polar surface area (TPSA) is 72.6 Å². The zero-order valence-corrected chi connectivity index (χ0v) is 12.0. The third-order valence-corrected chi connectivity index (χ3v) is 6.56. The summed E-state index contributed by atoms with van der Waals surface area (Å²) < 4.78 is 31.9. The first-order chi connectivity index (χ1) is 8.57.